The zero-order chi connectivity index (χ0) is 39.1. The lowest BCUT2D eigenvalue weighted by Gasteiger charge is -2.43. The Labute approximate surface area is 332 Å². The Morgan fingerprint density at radius 1 is 0.825 bits per heavy atom. The molecule has 3 atom stereocenters. The largest absolute Gasteiger partial charge is 0.506 e. The highest BCUT2D eigenvalue weighted by Gasteiger charge is 2.37. The highest BCUT2D eigenvalue weighted by atomic mass is 16.6. The van der Waals surface area contributed by atoms with Gasteiger partial charge in [-0.15, -0.1) is 0 Å². The van der Waals surface area contributed by atoms with Gasteiger partial charge >= 0.3 is 6.09 Å². The Bertz CT molecular complexity index is 2360. The fourth-order valence-electron chi connectivity index (χ4n) is 8.15. The summed E-state index contributed by atoms with van der Waals surface area (Å²) in [4.78, 5) is 30.0. The lowest BCUT2D eigenvalue weighted by molar-refractivity contribution is -0.0336. The van der Waals surface area contributed by atoms with Gasteiger partial charge in [0.15, 0.2) is 0 Å². The number of alkyl carbamates (subject to hydrolysis) is 1. The summed E-state index contributed by atoms with van der Waals surface area (Å²) in [5, 5.41) is 28.2. The van der Waals surface area contributed by atoms with Crippen molar-refractivity contribution in [3.05, 3.63) is 166 Å². The molecule has 3 aliphatic rings. The van der Waals surface area contributed by atoms with Gasteiger partial charge in [-0.3, -0.25) is 9.69 Å². The van der Waals surface area contributed by atoms with Crippen LogP contribution < -0.4 is 20.9 Å². The maximum absolute atomic E-state index is 13.2. The first-order valence-corrected chi connectivity index (χ1v) is 19.8. The van der Waals surface area contributed by atoms with Gasteiger partial charge in [0, 0.05) is 37.5 Å². The highest BCUT2D eigenvalue weighted by molar-refractivity contribution is 5.87. The third kappa shape index (κ3) is 9.21. The number of nitrogens with one attached hydrogen (secondary N) is 3. The molecule has 0 saturated carbocycles. The van der Waals surface area contributed by atoms with E-state index in [4.69, 9.17) is 9.47 Å². The number of pyridine rings is 1. The van der Waals surface area contributed by atoms with E-state index in [9.17, 15) is 19.8 Å². The predicted octanol–water partition coefficient (Wildman–Crippen LogP) is 7.26. The number of hydrogen-bond donors (Lipinski definition) is 5. The van der Waals surface area contributed by atoms with Crippen LogP contribution in [0.1, 0.15) is 52.8 Å². The number of fused-ring (bicyclic) bond motifs is 4. The van der Waals surface area contributed by atoms with Crippen molar-refractivity contribution in [2.24, 2.45) is 5.92 Å². The van der Waals surface area contributed by atoms with Crippen molar-refractivity contribution in [1.82, 2.24) is 20.5 Å². The zero-order valence-electron chi connectivity index (χ0n) is 31.8. The lowest BCUT2D eigenvalue weighted by atomic mass is 9.86. The van der Waals surface area contributed by atoms with Crippen LogP contribution in [0.2, 0.25) is 0 Å². The smallest absolute Gasteiger partial charge is 0.408 e. The molecule has 5 N–H and O–H groups in total. The fourth-order valence-corrected chi connectivity index (χ4v) is 8.15. The number of piperidine rings is 3. The first-order valence-electron chi connectivity index (χ1n) is 19.8. The quantitative estimate of drug-likeness (QED) is 0.0783. The van der Waals surface area contributed by atoms with E-state index >= 15 is 0 Å². The van der Waals surface area contributed by atoms with Crippen LogP contribution >= 0.6 is 0 Å². The number of phenols is 1. The molecule has 5 aromatic carbocycles. The van der Waals surface area contributed by atoms with Crippen LogP contribution in [0.15, 0.2) is 132 Å². The summed E-state index contributed by atoms with van der Waals surface area (Å²) >= 11 is 0. The minimum Gasteiger partial charge on any atom is -0.506 e. The van der Waals surface area contributed by atoms with Crippen LogP contribution in [0, 0.1) is 5.92 Å². The molecule has 9 rings (SSSR count). The van der Waals surface area contributed by atoms with Crippen LogP contribution in [0.4, 0.5) is 4.79 Å². The summed E-state index contributed by atoms with van der Waals surface area (Å²) < 4.78 is 12.2. The number of amides is 1. The molecule has 4 heterocycles. The summed E-state index contributed by atoms with van der Waals surface area (Å²) in [5.74, 6) is 1.14. The maximum Gasteiger partial charge on any atom is 0.408 e. The predicted molar refractivity (Wildman–Crippen MR) is 221 cm³/mol. The van der Waals surface area contributed by atoms with Crippen LogP contribution in [-0.4, -0.2) is 65.1 Å². The normalized spacial score (nSPS) is 18.5. The van der Waals surface area contributed by atoms with Crippen molar-refractivity contribution in [1.29, 1.82) is 0 Å². The average Bonchev–Trinajstić information content (AvgIpc) is 3.24. The summed E-state index contributed by atoms with van der Waals surface area (Å²) in [5.41, 5.74) is 6.96. The third-order valence-corrected chi connectivity index (χ3v) is 11.2. The summed E-state index contributed by atoms with van der Waals surface area (Å²) in [7, 11) is 0. The van der Waals surface area contributed by atoms with Gasteiger partial charge in [-0.05, 0) is 101 Å². The molecule has 57 heavy (non-hydrogen) atoms. The SMILES string of the molecule is O=C(NC(c1ccccc1)c1cccc(OCCc2ccc(-c3cccc(CNC[C@H](O)c4ccc(O)c5[nH]c(=O)ccc45)c3)cc2)c1)OC1CN2CCC1CC2. The molecule has 2 unspecified atom stereocenters. The molecular weight excluding hydrogens is 717 g/mol. The van der Waals surface area contributed by atoms with Gasteiger partial charge in [0.05, 0.1) is 24.3 Å². The van der Waals surface area contributed by atoms with E-state index in [-0.39, 0.29) is 23.5 Å². The van der Waals surface area contributed by atoms with Crippen LogP contribution in [-0.2, 0) is 17.7 Å². The number of carbonyl (C=O) groups is 1. The van der Waals surface area contributed by atoms with Crippen molar-refractivity contribution < 1.29 is 24.5 Å². The molecule has 1 aromatic heterocycles. The number of benzene rings is 5. The van der Waals surface area contributed by atoms with Gasteiger partial charge in [-0.2, -0.15) is 0 Å². The molecule has 0 radical (unpaired) electrons. The second-order valence-corrected chi connectivity index (χ2v) is 15.1. The van der Waals surface area contributed by atoms with Crippen molar-refractivity contribution in [2.75, 3.05) is 32.8 Å². The monoisotopic (exact) mass is 764 g/mol. The number of hydrogen-bond acceptors (Lipinski definition) is 8. The fraction of sp³-hybridized carbons (Fsp3) is 0.277. The number of rotatable bonds is 14. The number of ether oxygens (including phenoxy) is 2. The third-order valence-electron chi connectivity index (χ3n) is 11.2. The number of phenolic OH excluding ortho intramolecular Hbond substituents is 1. The van der Waals surface area contributed by atoms with Gasteiger partial charge in [-0.1, -0.05) is 91.0 Å². The lowest BCUT2D eigenvalue weighted by Crippen LogP contribution is -2.52. The van der Waals surface area contributed by atoms with Gasteiger partial charge in [-0.25, -0.2) is 4.79 Å². The molecule has 3 aliphatic heterocycles. The minimum atomic E-state index is -0.832. The molecular formula is C47H48N4O6. The van der Waals surface area contributed by atoms with Gasteiger partial charge in [0.25, 0.3) is 0 Å². The summed E-state index contributed by atoms with van der Waals surface area (Å²) in [6, 6.07) is 40.5. The van der Waals surface area contributed by atoms with E-state index in [0.29, 0.717) is 42.1 Å². The second-order valence-electron chi connectivity index (χ2n) is 15.1. The van der Waals surface area contributed by atoms with Gasteiger partial charge < -0.3 is 35.3 Å². The molecule has 6 aromatic rings. The Morgan fingerprint density at radius 3 is 2.40 bits per heavy atom. The second kappa shape index (κ2) is 17.5. The standard InChI is InChI=1S/C47H48N4O6/c52-41-18-16-39(40-17-19-44(54)49-46(40)41)42(53)29-48-28-32-6-4-9-36(26-32)33-14-12-31(13-15-33)22-25-56-38-11-5-10-37(27-38)45(35-7-2-1-3-8-35)50-47(55)57-43-30-51-23-20-34(43)21-24-51/h1-19,26-27,34,42-43,45,48,52-53H,20-25,28-30H2,(H,49,54)(H,50,55)/t42-,43?,45?/m0/s1. The van der Waals surface area contributed by atoms with Crippen molar-refractivity contribution in [2.45, 2.75) is 44.1 Å². The Morgan fingerprint density at radius 2 is 1.61 bits per heavy atom. The maximum atomic E-state index is 13.2. The van der Waals surface area contributed by atoms with E-state index in [0.717, 1.165) is 78.0 Å². The van der Waals surface area contributed by atoms with Crippen LogP contribution in [0.5, 0.6) is 11.5 Å². The molecule has 10 heteroatoms. The summed E-state index contributed by atoms with van der Waals surface area (Å²) in [6.07, 6.45) is 1.61. The van der Waals surface area contributed by atoms with Gasteiger partial charge in [0.1, 0.15) is 17.6 Å². The van der Waals surface area contributed by atoms with E-state index in [2.05, 4.69) is 56.9 Å². The van der Waals surface area contributed by atoms with Crippen LogP contribution in [0.3, 0.4) is 0 Å². The molecule has 2 bridgehead atoms. The number of aromatic nitrogens is 1. The first-order chi connectivity index (χ1) is 27.9. The van der Waals surface area contributed by atoms with E-state index in [1.165, 1.54) is 12.1 Å². The number of carbonyl (C=O) groups excluding carboxylic acids is 1. The van der Waals surface area contributed by atoms with E-state index in [1.807, 2.05) is 66.7 Å². The Kier molecular flexibility index (Phi) is 11.6. The van der Waals surface area contributed by atoms with Crippen LogP contribution in [0.25, 0.3) is 22.0 Å². The topological polar surface area (TPSA) is 136 Å². The van der Waals surface area contributed by atoms with E-state index in [1.54, 1.807) is 12.1 Å². The molecule has 3 fully saturated rings. The highest BCUT2D eigenvalue weighted by Crippen LogP contribution is 2.32. The van der Waals surface area contributed by atoms with Crippen molar-refractivity contribution >= 4 is 17.0 Å². The number of H-pyrrole nitrogens is 1. The summed E-state index contributed by atoms with van der Waals surface area (Å²) in [6.45, 7) is 4.35. The number of aliphatic hydroxyl groups is 1. The Balaban J connectivity index is 0.844. The van der Waals surface area contributed by atoms with E-state index < -0.39 is 12.2 Å². The Hall–Kier alpha value is -5.94. The van der Waals surface area contributed by atoms with Crippen molar-refractivity contribution in [3.8, 4) is 22.6 Å². The molecule has 3 saturated heterocycles. The molecule has 292 valence electrons. The van der Waals surface area contributed by atoms with Gasteiger partial charge in [0.2, 0.25) is 5.56 Å². The molecule has 1 amide bonds. The van der Waals surface area contributed by atoms with Crippen molar-refractivity contribution in [3.63, 3.8) is 0 Å². The minimum absolute atomic E-state index is 0.0341. The number of aromatic hydroxyl groups is 1. The number of aromatic amines is 1. The zero-order valence-corrected chi connectivity index (χ0v) is 31.8. The first kappa shape index (κ1) is 38.0. The number of nitrogens with zero attached hydrogens (tertiary/aromatic N) is 1. The molecule has 10 nitrogen and oxygen atoms in total. The average molecular weight is 765 g/mol. The number of aliphatic hydroxyl groups excluding tert-OH is 1. The molecule has 0 spiro atoms. The molecule has 0 aliphatic carbocycles.